The van der Waals surface area contributed by atoms with Crippen molar-refractivity contribution in [3.8, 4) is 11.1 Å². The molecule has 1 aromatic carbocycles. The fraction of sp³-hybridized carbons (Fsp3) is 0.381. The van der Waals surface area contributed by atoms with Crippen LogP contribution in [0.4, 0.5) is 18.9 Å². The van der Waals surface area contributed by atoms with Crippen molar-refractivity contribution in [3.05, 3.63) is 47.4 Å². The molecule has 0 amide bonds. The van der Waals surface area contributed by atoms with Crippen LogP contribution in [0, 0.1) is 18.6 Å². The fourth-order valence-corrected chi connectivity index (χ4v) is 4.67. The Labute approximate surface area is 178 Å². The third-order valence-corrected chi connectivity index (χ3v) is 6.58. The third kappa shape index (κ3) is 4.13. The number of nitrogens with zero attached hydrogens (tertiary/aromatic N) is 4. The molecule has 2 N–H and O–H groups in total. The van der Waals surface area contributed by atoms with Crippen molar-refractivity contribution in [1.82, 2.24) is 20.5 Å². The first kappa shape index (κ1) is 20.6. The molecule has 2 aromatic heterocycles. The molecule has 0 atom stereocenters. The van der Waals surface area contributed by atoms with E-state index in [9.17, 15) is 8.78 Å². The summed E-state index contributed by atoms with van der Waals surface area (Å²) in [7, 11) is 2.06. The van der Waals surface area contributed by atoms with Gasteiger partial charge in [0, 0.05) is 36.1 Å². The molecule has 3 heterocycles. The normalized spacial score (nSPS) is 15.6. The van der Waals surface area contributed by atoms with Crippen LogP contribution >= 0.6 is 11.3 Å². The highest BCUT2D eigenvalue weighted by molar-refractivity contribution is 7.19. The Balaban J connectivity index is 1.60. The van der Waals surface area contributed by atoms with E-state index in [0.717, 1.165) is 41.8 Å². The molecular formula is C21H24F2N6S. The Morgan fingerprint density at radius 3 is 2.57 bits per heavy atom. The van der Waals surface area contributed by atoms with E-state index in [-0.39, 0.29) is 5.56 Å². The molecule has 3 aromatic rings. The van der Waals surface area contributed by atoms with Gasteiger partial charge in [-0.15, -0.1) is 0 Å². The lowest BCUT2D eigenvalue weighted by Gasteiger charge is -2.31. The maximum Gasteiger partial charge on any atom is 0.187 e. The summed E-state index contributed by atoms with van der Waals surface area (Å²) in [6.07, 6.45) is 5.01. The van der Waals surface area contributed by atoms with Crippen molar-refractivity contribution in [1.29, 1.82) is 0 Å². The summed E-state index contributed by atoms with van der Waals surface area (Å²) in [5.74, 6) is -1.29. The standard InChI is InChI=1S/C21H24F2N6S/c1-12(14-8-17(22)19(18(23)9-14)15-10-25-26-11-15)27-20-13(2)28-21(30-20)29(3)16-4-6-24-7-5-16/h8-11,16,24H,4-7H2,1-3H3,(H,25,26)/b27-12+. The fourth-order valence-electron chi connectivity index (χ4n) is 3.64. The minimum absolute atomic E-state index is 0.0971. The van der Waals surface area contributed by atoms with E-state index >= 15 is 0 Å². The topological polar surface area (TPSA) is 69.2 Å². The molecule has 1 fully saturated rings. The lowest BCUT2D eigenvalue weighted by Crippen LogP contribution is -2.41. The number of anilines is 1. The first-order chi connectivity index (χ1) is 14.4. The largest absolute Gasteiger partial charge is 0.348 e. The average molecular weight is 431 g/mol. The molecule has 1 saturated heterocycles. The molecule has 30 heavy (non-hydrogen) atoms. The van der Waals surface area contributed by atoms with Gasteiger partial charge in [-0.3, -0.25) is 5.10 Å². The van der Waals surface area contributed by atoms with Crippen molar-refractivity contribution < 1.29 is 8.78 Å². The number of piperidine rings is 1. The van der Waals surface area contributed by atoms with Crippen molar-refractivity contribution in [3.63, 3.8) is 0 Å². The van der Waals surface area contributed by atoms with E-state index in [4.69, 9.17) is 0 Å². The van der Waals surface area contributed by atoms with Crippen molar-refractivity contribution in [2.45, 2.75) is 32.7 Å². The van der Waals surface area contributed by atoms with Crippen LogP contribution in [0.3, 0.4) is 0 Å². The average Bonchev–Trinajstić information content (AvgIpc) is 3.38. The lowest BCUT2D eigenvalue weighted by atomic mass is 10.0. The number of aliphatic imine (C=N–C) groups is 1. The summed E-state index contributed by atoms with van der Waals surface area (Å²) in [5.41, 5.74) is 2.02. The van der Waals surface area contributed by atoms with E-state index in [1.54, 1.807) is 6.92 Å². The van der Waals surface area contributed by atoms with E-state index < -0.39 is 11.6 Å². The second-order valence-electron chi connectivity index (χ2n) is 7.48. The van der Waals surface area contributed by atoms with Gasteiger partial charge >= 0.3 is 0 Å². The number of hydrogen-bond acceptors (Lipinski definition) is 6. The van der Waals surface area contributed by atoms with Crippen molar-refractivity contribution in [2.24, 2.45) is 4.99 Å². The number of aryl methyl sites for hydroxylation is 1. The molecule has 0 saturated carbocycles. The van der Waals surface area contributed by atoms with Crippen LogP contribution in [-0.2, 0) is 0 Å². The first-order valence-electron chi connectivity index (χ1n) is 9.89. The smallest absolute Gasteiger partial charge is 0.187 e. The quantitative estimate of drug-likeness (QED) is 0.587. The summed E-state index contributed by atoms with van der Waals surface area (Å²) >= 11 is 1.50. The SMILES string of the molecule is C/C(=N\c1sc(N(C)C2CCNCC2)nc1C)c1cc(F)c(-c2cn[nH]c2)c(F)c1. The Hall–Kier alpha value is -2.65. The van der Waals surface area contributed by atoms with Gasteiger partial charge in [0.2, 0.25) is 0 Å². The van der Waals surface area contributed by atoms with Crippen LogP contribution < -0.4 is 10.2 Å². The number of hydrogen-bond donors (Lipinski definition) is 2. The van der Waals surface area contributed by atoms with Gasteiger partial charge in [-0.1, -0.05) is 11.3 Å². The monoisotopic (exact) mass is 430 g/mol. The predicted octanol–water partition coefficient (Wildman–Crippen LogP) is 4.45. The molecule has 0 unspecified atom stereocenters. The second kappa shape index (κ2) is 8.61. The van der Waals surface area contributed by atoms with E-state index in [1.807, 2.05) is 6.92 Å². The van der Waals surface area contributed by atoms with E-state index in [2.05, 4.69) is 37.4 Å². The minimum Gasteiger partial charge on any atom is -0.348 e. The summed E-state index contributed by atoms with van der Waals surface area (Å²) in [4.78, 5) is 11.5. The van der Waals surface area contributed by atoms with Gasteiger partial charge in [0.15, 0.2) is 5.13 Å². The summed E-state index contributed by atoms with van der Waals surface area (Å²) < 4.78 is 29.2. The Bertz CT molecular complexity index is 1030. The number of aromatic nitrogens is 3. The maximum atomic E-state index is 14.6. The molecule has 0 radical (unpaired) electrons. The number of benzene rings is 1. The van der Waals surface area contributed by atoms with Crippen LogP contribution in [0.2, 0.25) is 0 Å². The highest BCUT2D eigenvalue weighted by atomic mass is 32.1. The van der Waals surface area contributed by atoms with Crippen LogP contribution in [0.25, 0.3) is 11.1 Å². The highest BCUT2D eigenvalue weighted by Crippen LogP contribution is 2.35. The zero-order chi connectivity index (χ0) is 21.3. The summed E-state index contributed by atoms with van der Waals surface area (Å²) in [6, 6.07) is 3.07. The number of rotatable bonds is 5. The molecule has 1 aliphatic heterocycles. The van der Waals surface area contributed by atoms with Crippen LogP contribution in [0.1, 0.15) is 31.0 Å². The predicted molar refractivity (Wildman–Crippen MR) is 117 cm³/mol. The number of halogens is 2. The molecule has 4 rings (SSSR count). The molecule has 6 nitrogen and oxygen atoms in total. The molecule has 0 aliphatic carbocycles. The number of nitrogens with one attached hydrogen (secondary N) is 2. The van der Waals surface area contributed by atoms with Gasteiger partial charge < -0.3 is 10.2 Å². The van der Waals surface area contributed by atoms with Crippen LogP contribution in [-0.4, -0.2) is 47.1 Å². The summed E-state index contributed by atoms with van der Waals surface area (Å²) in [6.45, 7) is 5.68. The van der Waals surface area contributed by atoms with Crippen molar-refractivity contribution >= 4 is 27.2 Å². The second-order valence-corrected chi connectivity index (χ2v) is 8.43. The zero-order valence-electron chi connectivity index (χ0n) is 17.2. The lowest BCUT2D eigenvalue weighted by molar-refractivity contribution is 0.443. The molecule has 9 heteroatoms. The third-order valence-electron chi connectivity index (χ3n) is 5.43. The van der Waals surface area contributed by atoms with Gasteiger partial charge in [0.25, 0.3) is 0 Å². The highest BCUT2D eigenvalue weighted by Gasteiger charge is 2.21. The van der Waals surface area contributed by atoms with Gasteiger partial charge in [-0.05, 0) is 51.9 Å². The van der Waals surface area contributed by atoms with E-state index in [0.29, 0.717) is 22.9 Å². The van der Waals surface area contributed by atoms with Gasteiger partial charge in [-0.2, -0.15) is 5.10 Å². The van der Waals surface area contributed by atoms with Crippen LogP contribution in [0.5, 0.6) is 0 Å². The molecule has 0 bridgehead atoms. The number of H-pyrrole nitrogens is 1. The Morgan fingerprint density at radius 1 is 1.23 bits per heavy atom. The molecular weight excluding hydrogens is 406 g/mol. The molecule has 1 aliphatic rings. The molecule has 158 valence electrons. The van der Waals surface area contributed by atoms with Crippen molar-refractivity contribution in [2.75, 3.05) is 25.0 Å². The van der Waals surface area contributed by atoms with Gasteiger partial charge in [-0.25, -0.2) is 18.8 Å². The number of thiazole rings is 1. The molecule has 0 spiro atoms. The minimum atomic E-state index is -0.645. The summed E-state index contributed by atoms with van der Waals surface area (Å²) in [5, 5.41) is 11.4. The maximum absolute atomic E-state index is 14.6. The first-order valence-corrected chi connectivity index (χ1v) is 10.7. The van der Waals surface area contributed by atoms with Gasteiger partial charge in [0.05, 0.1) is 17.5 Å². The van der Waals surface area contributed by atoms with Crippen LogP contribution in [0.15, 0.2) is 29.5 Å². The Morgan fingerprint density at radius 2 is 1.93 bits per heavy atom. The zero-order valence-corrected chi connectivity index (χ0v) is 18.0. The van der Waals surface area contributed by atoms with Gasteiger partial charge in [0.1, 0.15) is 16.6 Å². The van der Waals surface area contributed by atoms with E-state index in [1.165, 1.54) is 35.9 Å². The Kier molecular flexibility index (Phi) is 5.92. The number of aromatic amines is 1.